The van der Waals surface area contributed by atoms with Crippen LogP contribution in [0.2, 0.25) is 0 Å². The Hall–Kier alpha value is -3.64. The topological polar surface area (TPSA) is 129 Å². The van der Waals surface area contributed by atoms with Crippen molar-refractivity contribution in [3.8, 4) is 11.6 Å². The molecule has 0 radical (unpaired) electrons. The van der Waals surface area contributed by atoms with Gasteiger partial charge in [0, 0.05) is 43.0 Å². The second kappa shape index (κ2) is 9.19. The second-order valence-corrected chi connectivity index (χ2v) is 10.2. The van der Waals surface area contributed by atoms with Gasteiger partial charge < -0.3 is 20.1 Å². The minimum atomic E-state index is -0.212. The number of carbonyl (C=O) groups is 1. The first-order chi connectivity index (χ1) is 16.7. The Labute approximate surface area is 205 Å². The zero-order valence-electron chi connectivity index (χ0n) is 19.9. The van der Waals surface area contributed by atoms with Crippen molar-refractivity contribution >= 4 is 44.5 Å². The van der Waals surface area contributed by atoms with Crippen LogP contribution in [0.1, 0.15) is 45.9 Å². The van der Waals surface area contributed by atoms with Crippen LogP contribution in [-0.4, -0.2) is 48.8 Å². The number of ether oxygens (including phenoxy) is 2. The van der Waals surface area contributed by atoms with E-state index in [1.165, 1.54) is 24.5 Å². The Balaban J connectivity index is 1.36. The molecule has 0 aromatic carbocycles. The smallest absolute Gasteiger partial charge is 0.239 e. The van der Waals surface area contributed by atoms with Gasteiger partial charge in [-0.3, -0.25) is 9.48 Å². The molecule has 11 nitrogen and oxygen atoms in total. The van der Waals surface area contributed by atoms with E-state index in [1.54, 1.807) is 18.3 Å². The summed E-state index contributed by atoms with van der Waals surface area (Å²) in [5.41, 5.74) is 1.59. The first kappa shape index (κ1) is 23.1. The number of hydrogen-bond donors (Lipinski definition) is 2. The summed E-state index contributed by atoms with van der Waals surface area (Å²) in [5, 5.41) is 11.4. The van der Waals surface area contributed by atoms with Crippen LogP contribution in [0.25, 0.3) is 10.5 Å². The maximum atomic E-state index is 11.3. The minimum Gasteiger partial charge on any atom is -0.437 e. The number of fused-ring (bicyclic) bond motifs is 1. The van der Waals surface area contributed by atoms with E-state index >= 15 is 0 Å². The normalized spacial score (nSPS) is 15.9. The van der Waals surface area contributed by atoms with Crippen LogP contribution >= 0.6 is 11.3 Å². The van der Waals surface area contributed by atoms with Gasteiger partial charge in [0.15, 0.2) is 21.4 Å². The molecule has 1 amide bonds. The van der Waals surface area contributed by atoms with Crippen LogP contribution < -0.4 is 15.4 Å². The molecule has 1 atom stereocenters. The lowest BCUT2D eigenvalue weighted by Crippen LogP contribution is -2.22. The molecule has 1 aliphatic rings. The third kappa shape index (κ3) is 5.23. The number of pyridine rings is 1. The lowest BCUT2D eigenvalue weighted by molar-refractivity contribution is -0.114. The minimum absolute atomic E-state index is 0.0643. The molecule has 0 bridgehead atoms. The number of rotatable bonds is 6. The van der Waals surface area contributed by atoms with Crippen molar-refractivity contribution in [2.75, 3.05) is 23.8 Å². The van der Waals surface area contributed by atoms with Gasteiger partial charge in [0.25, 0.3) is 0 Å². The number of carbonyl (C=O) groups excluding carboxylic acids is 1. The molecule has 0 saturated carbocycles. The first-order valence-corrected chi connectivity index (χ1v) is 12.1. The molecule has 1 aliphatic heterocycles. The van der Waals surface area contributed by atoms with Crippen LogP contribution in [-0.2, 0) is 14.9 Å². The maximum absolute atomic E-state index is 11.3. The van der Waals surface area contributed by atoms with Gasteiger partial charge in [-0.1, -0.05) is 32.1 Å². The fourth-order valence-corrected chi connectivity index (χ4v) is 4.57. The number of nitrogens with zero attached hydrogens (tertiary/aromatic N) is 6. The van der Waals surface area contributed by atoms with Crippen LogP contribution in [0, 0.1) is 0 Å². The molecule has 35 heavy (non-hydrogen) atoms. The number of anilines is 3. The Kier molecular flexibility index (Phi) is 6.07. The number of nitrogens with one attached hydrogen (secondary N) is 2. The van der Waals surface area contributed by atoms with Crippen molar-refractivity contribution in [2.24, 2.45) is 0 Å². The summed E-state index contributed by atoms with van der Waals surface area (Å²) >= 11 is 1.36. The zero-order chi connectivity index (χ0) is 24.6. The highest BCUT2D eigenvalue weighted by Gasteiger charge is 2.28. The van der Waals surface area contributed by atoms with Crippen molar-refractivity contribution in [3.63, 3.8) is 0 Å². The molecule has 1 saturated heterocycles. The molecule has 0 spiro atoms. The van der Waals surface area contributed by atoms with E-state index in [2.05, 4.69) is 62.1 Å². The molecule has 2 N–H and O–H groups in total. The van der Waals surface area contributed by atoms with Gasteiger partial charge in [0.05, 0.1) is 18.8 Å². The maximum Gasteiger partial charge on any atom is 0.239 e. The molecule has 5 rings (SSSR count). The monoisotopic (exact) mass is 494 g/mol. The summed E-state index contributed by atoms with van der Waals surface area (Å²) < 4.78 is 13.5. The lowest BCUT2D eigenvalue weighted by atomic mass is 9.91. The standard InChI is InChI=1S/C23H26N8O3S/c1-13(32)26-17-9-15(5-7-24-17)34-19-11-25-20-21(28-19)35-22(29-20)27-18-10-16(23(2,3)4)31(30-18)14-6-8-33-12-14/h5,7,9-11,14H,6,8,12H2,1-4H3,(H,24,26,32)(H,25,27,29,30)/t14-/m1/s1. The number of aromatic nitrogens is 6. The quantitative estimate of drug-likeness (QED) is 0.400. The fraction of sp³-hybridized carbons (Fsp3) is 0.391. The molecular weight excluding hydrogens is 468 g/mol. The van der Waals surface area contributed by atoms with Crippen LogP contribution in [0.4, 0.5) is 16.8 Å². The molecule has 12 heteroatoms. The molecule has 182 valence electrons. The Morgan fingerprint density at radius 2 is 2.09 bits per heavy atom. The summed E-state index contributed by atoms with van der Waals surface area (Å²) in [6.07, 6.45) is 4.01. The lowest BCUT2D eigenvalue weighted by Gasteiger charge is -2.22. The number of hydrogen-bond acceptors (Lipinski definition) is 10. The van der Waals surface area contributed by atoms with E-state index in [-0.39, 0.29) is 17.4 Å². The van der Waals surface area contributed by atoms with Crippen molar-refractivity contribution in [3.05, 3.63) is 36.3 Å². The molecule has 1 fully saturated rings. The predicted molar refractivity (Wildman–Crippen MR) is 133 cm³/mol. The fourth-order valence-electron chi connectivity index (χ4n) is 3.77. The summed E-state index contributed by atoms with van der Waals surface area (Å²) in [5.74, 6) is 1.70. The average Bonchev–Trinajstić information content (AvgIpc) is 3.52. The van der Waals surface area contributed by atoms with Crippen molar-refractivity contribution in [1.29, 1.82) is 0 Å². The van der Waals surface area contributed by atoms with Gasteiger partial charge in [-0.25, -0.2) is 9.97 Å². The van der Waals surface area contributed by atoms with E-state index in [0.29, 0.717) is 39.7 Å². The van der Waals surface area contributed by atoms with Gasteiger partial charge in [0.2, 0.25) is 11.8 Å². The van der Waals surface area contributed by atoms with E-state index in [1.807, 2.05) is 0 Å². The zero-order valence-corrected chi connectivity index (χ0v) is 20.7. The third-order valence-electron chi connectivity index (χ3n) is 5.35. The van der Waals surface area contributed by atoms with Crippen molar-refractivity contribution < 1.29 is 14.3 Å². The third-order valence-corrected chi connectivity index (χ3v) is 6.20. The Morgan fingerprint density at radius 3 is 2.83 bits per heavy atom. The van der Waals surface area contributed by atoms with Gasteiger partial charge in [-0.2, -0.15) is 15.1 Å². The van der Waals surface area contributed by atoms with E-state index in [4.69, 9.17) is 14.6 Å². The van der Waals surface area contributed by atoms with E-state index < -0.39 is 0 Å². The van der Waals surface area contributed by atoms with Gasteiger partial charge >= 0.3 is 0 Å². The van der Waals surface area contributed by atoms with Gasteiger partial charge in [0.1, 0.15) is 11.6 Å². The highest BCUT2D eigenvalue weighted by Crippen LogP contribution is 2.33. The van der Waals surface area contributed by atoms with Crippen LogP contribution in [0.5, 0.6) is 11.6 Å². The Bertz CT molecular complexity index is 1370. The first-order valence-electron chi connectivity index (χ1n) is 11.2. The molecule has 4 aromatic heterocycles. The summed E-state index contributed by atoms with van der Waals surface area (Å²) in [6.45, 7) is 9.37. The molecular formula is C23H26N8O3S. The van der Waals surface area contributed by atoms with Crippen molar-refractivity contribution in [1.82, 2.24) is 29.7 Å². The molecule has 4 aromatic rings. The molecule has 0 aliphatic carbocycles. The largest absolute Gasteiger partial charge is 0.437 e. The highest BCUT2D eigenvalue weighted by atomic mass is 32.1. The Morgan fingerprint density at radius 1 is 1.23 bits per heavy atom. The van der Waals surface area contributed by atoms with Crippen LogP contribution in [0.15, 0.2) is 30.6 Å². The highest BCUT2D eigenvalue weighted by molar-refractivity contribution is 7.21. The number of thiazole rings is 1. The van der Waals surface area contributed by atoms with E-state index in [9.17, 15) is 4.79 Å². The van der Waals surface area contributed by atoms with Gasteiger partial charge in [-0.05, 0) is 12.5 Å². The van der Waals surface area contributed by atoms with Crippen LogP contribution in [0.3, 0.4) is 0 Å². The van der Waals surface area contributed by atoms with Gasteiger partial charge in [-0.15, -0.1) is 0 Å². The molecule has 0 unspecified atom stereocenters. The summed E-state index contributed by atoms with van der Waals surface area (Å²) in [4.78, 5) is 29.4. The van der Waals surface area contributed by atoms with Crippen molar-refractivity contribution in [2.45, 2.75) is 45.6 Å². The summed E-state index contributed by atoms with van der Waals surface area (Å²) in [7, 11) is 0. The SMILES string of the molecule is CC(=O)Nc1cc(Oc2cnc3nc(Nc4cc(C(C)(C)C)n([C@@H]5CCOC5)n4)sc3n2)ccn1. The van der Waals surface area contributed by atoms with E-state index in [0.717, 1.165) is 24.5 Å². The predicted octanol–water partition coefficient (Wildman–Crippen LogP) is 4.43. The second-order valence-electron chi connectivity index (χ2n) is 9.27. The molecule has 5 heterocycles. The average molecular weight is 495 g/mol. The number of amides is 1. The summed E-state index contributed by atoms with van der Waals surface area (Å²) in [6, 6.07) is 5.59.